The smallest absolute Gasteiger partial charge is 0.417 e. The number of anilines is 2. The van der Waals surface area contributed by atoms with E-state index in [0.29, 0.717) is 48.8 Å². The van der Waals surface area contributed by atoms with Crippen molar-refractivity contribution in [3.05, 3.63) is 121 Å². The molecule has 10 heteroatoms. The molecule has 38 heavy (non-hydrogen) atoms. The Labute approximate surface area is 223 Å². The summed E-state index contributed by atoms with van der Waals surface area (Å²) in [7, 11) is -6.90. The molecule has 0 heterocycles. The first-order chi connectivity index (χ1) is 18.5. The molecule has 198 valence electrons. The highest BCUT2D eigenvalue weighted by atomic mass is 31.2. The second-order valence-corrected chi connectivity index (χ2v) is 12.0. The van der Waals surface area contributed by atoms with Crippen molar-refractivity contribution in [2.75, 3.05) is 23.3 Å². The van der Waals surface area contributed by atoms with Crippen molar-refractivity contribution in [1.82, 2.24) is 10.2 Å². The number of hydrogen-bond donors (Lipinski definition) is 4. The van der Waals surface area contributed by atoms with Gasteiger partial charge in [-0.05, 0) is 61.4 Å². The quantitative estimate of drug-likeness (QED) is 0.0890. The van der Waals surface area contributed by atoms with Crippen LogP contribution in [0.25, 0.3) is 0 Å². The maximum atomic E-state index is 13.6. The summed E-state index contributed by atoms with van der Waals surface area (Å²) in [4.78, 5) is 0. The predicted molar refractivity (Wildman–Crippen MR) is 155 cm³/mol. The van der Waals surface area contributed by atoms with Crippen molar-refractivity contribution in [3.8, 4) is 11.5 Å². The molecule has 8 nitrogen and oxygen atoms in total. The van der Waals surface area contributed by atoms with Gasteiger partial charge >= 0.3 is 15.3 Å². The van der Waals surface area contributed by atoms with Gasteiger partial charge in [0.25, 0.3) is 0 Å². The van der Waals surface area contributed by atoms with Crippen LogP contribution in [0.5, 0.6) is 11.5 Å². The van der Waals surface area contributed by atoms with Gasteiger partial charge in [0.05, 0.1) is 0 Å². The van der Waals surface area contributed by atoms with Crippen molar-refractivity contribution < 1.29 is 18.2 Å². The number of hydrogen-bond acceptors (Lipinski definition) is 4. The Morgan fingerprint density at radius 2 is 0.789 bits per heavy atom. The average molecular weight is 551 g/mol. The summed E-state index contributed by atoms with van der Waals surface area (Å²) < 4.78 is 38.9. The normalized spacial score (nSPS) is 14.0. The standard InChI is InChI=1S/C28H32N4O4P2/c33-37(31-25-15-5-1-6-16-25,35-27-19-9-3-10-20-27)29-23-13-14-24-30-38(34,32-26-17-7-2-8-18-26)36-28-21-11-4-12-22-28/h1-12,15-22H,13-14,23-24H2,(H2,29,31,33)(H2,30,32,34). The van der Waals surface area contributed by atoms with Gasteiger partial charge < -0.3 is 9.05 Å². The second kappa shape index (κ2) is 13.8. The maximum Gasteiger partial charge on any atom is 0.417 e. The third-order valence-corrected chi connectivity index (χ3v) is 8.62. The van der Waals surface area contributed by atoms with Gasteiger partial charge in [0.15, 0.2) is 0 Å². The maximum absolute atomic E-state index is 13.6. The minimum Gasteiger partial charge on any atom is -0.418 e. The molecule has 0 aliphatic rings. The largest absolute Gasteiger partial charge is 0.418 e. The van der Waals surface area contributed by atoms with E-state index in [-0.39, 0.29) is 0 Å². The minimum atomic E-state index is -3.45. The Hall–Kier alpha value is -3.54. The molecule has 2 atom stereocenters. The highest BCUT2D eigenvalue weighted by molar-refractivity contribution is 7.59. The van der Waals surface area contributed by atoms with E-state index in [4.69, 9.17) is 9.05 Å². The van der Waals surface area contributed by atoms with Gasteiger partial charge in [-0.15, -0.1) is 0 Å². The molecule has 0 bridgehead atoms. The lowest BCUT2D eigenvalue weighted by Gasteiger charge is -2.23. The Bertz CT molecular complexity index is 1130. The molecule has 0 saturated carbocycles. The Kier molecular flexibility index (Phi) is 10.0. The van der Waals surface area contributed by atoms with Gasteiger partial charge in [0.1, 0.15) is 11.5 Å². The highest BCUT2D eigenvalue weighted by Crippen LogP contribution is 2.44. The van der Waals surface area contributed by atoms with Crippen molar-refractivity contribution in [2.45, 2.75) is 12.8 Å². The minimum absolute atomic E-state index is 0.418. The molecule has 4 rings (SSSR count). The van der Waals surface area contributed by atoms with E-state index >= 15 is 0 Å². The molecular formula is C28H32N4O4P2. The third kappa shape index (κ3) is 9.09. The Balaban J connectivity index is 1.32. The third-order valence-electron chi connectivity index (χ3n) is 5.30. The van der Waals surface area contributed by atoms with Crippen LogP contribution in [0, 0.1) is 0 Å². The molecule has 0 radical (unpaired) electrons. The number of nitrogens with one attached hydrogen (secondary N) is 4. The van der Waals surface area contributed by atoms with Crippen LogP contribution in [0.15, 0.2) is 121 Å². The van der Waals surface area contributed by atoms with Gasteiger partial charge in [-0.2, -0.15) is 0 Å². The van der Waals surface area contributed by atoms with Crippen LogP contribution in [0.2, 0.25) is 0 Å². The topological polar surface area (TPSA) is 101 Å². The fourth-order valence-electron chi connectivity index (χ4n) is 3.52. The lowest BCUT2D eigenvalue weighted by molar-refractivity contribution is 0.465. The van der Waals surface area contributed by atoms with Gasteiger partial charge in [-0.25, -0.2) is 19.3 Å². The number of benzene rings is 4. The molecule has 4 aromatic carbocycles. The van der Waals surface area contributed by atoms with Gasteiger partial charge in [-0.3, -0.25) is 10.2 Å². The zero-order chi connectivity index (χ0) is 26.5. The summed E-state index contributed by atoms with van der Waals surface area (Å²) in [5, 5.41) is 12.1. The number of para-hydroxylation sites is 4. The summed E-state index contributed by atoms with van der Waals surface area (Å²) in [6.45, 7) is 0.836. The van der Waals surface area contributed by atoms with Gasteiger partial charge in [0, 0.05) is 24.5 Å². The zero-order valence-electron chi connectivity index (χ0n) is 20.9. The molecule has 0 spiro atoms. The molecule has 0 aliphatic heterocycles. The van der Waals surface area contributed by atoms with Crippen LogP contribution < -0.4 is 29.4 Å². The SMILES string of the molecule is O=P(NCCCCNP(=O)(Nc1ccccc1)Oc1ccccc1)(Nc1ccccc1)Oc1ccccc1. The molecule has 4 N–H and O–H groups in total. The predicted octanol–water partition coefficient (Wildman–Crippen LogP) is 7.54. The summed E-state index contributed by atoms with van der Waals surface area (Å²) in [5.74, 6) is 0.999. The molecule has 0 aromatic heterocycles. The van der Waals surface area contributed by atoms with Gasteiger partial charge in [0.2, 0.25) is 0 Å². The summed E-state index contributed by atoms with van der Waals surface area (Å²) >= 11 is 0. The van der Waals surface area contributed by atoms with Crippen LogP contribution in [0.3, 0.4) is 0 Å². The van der Waals surface area contributed by atoms with Crippen LogP contribution in [0.4, 0.5) is 11.4 Å². The van der Waals surface area contributed by atoms with Crippen LogP contribution in [-0.4, -0.2) is 13.1 Å². The zero-order valence-corrected chi connectivity index (χ0v) is 22.7. The fraction of sp³-hybridized carbons (Fsp3) is 0.143. The van der Waals surface area contributed by atoms with E-state index in [9.17, 15) is 9.13 Å². The highest BCUT2D eigenvalue weighted by Gasteiger charge is 2.26. The first kappa shape index (κ1) is 27.5. The van der Waals surface area contributed by atoms with E-state index in [2.05, 4.69) is 20.3 Å². The molecule has 0 saturated heterocycles. The molecule has 2 unspecified atom stereocenters. The van der Waals surface area contributed by atoms with Crippen molar-refractivity contribution in [1.29, 1.82) is 0 Å². The van der Waals surface area contributed by atoms with E-state index in [0.717, 1.165) is 0 Å². The van der Waals surface area contributed by atoms with E-state index < -0.39 is 15.3 Å². The Morgan fingerprint density at radius 3 is 1.13 bits per heavy atom. The van der Waals surface area contributed by atoms with E-state index in [1.807, 2.05) is 97.1 Å². The van der Waals surface area contributed by atoms with Crippen molar-refractivity contribution in [3.63, 3.8) is 0 Å². The van der Waals surface area contributed by atoms with Crippen LogP contribution in [-0.2, 0) is 9.13 Å². The fourth-order valence-corrected chi connectivity index (χ4v) is 6.62. The summed E-state index contributed by atoms with van der Waals surface area (Å²) in [6, 6.07) is 36.6. The molecular weight excluding hydrogens is 518 g/mol. The van der Waals surface area contributed by atoms with Gasteiger partial charge in [-0.1, -0.05) is 72.8 Å². The summed E-state index contributed by atoms with van der Waals surface area (Å²) in [6.07, 6.45) is 1.31. The Morgan fingerprint density at radius 1 is 0.474 bits per heavy atom. The molecule has 0 aliphatic carbocycles. The second-order valence-electron chi connectivity index (χ2n) is 8.39. The summed E-state index contributed by atoms with van der Waals surface area (Å²) in [5.41, 5.74) is 1.37. The average Bonchev–Trinajstić information content (AvgIpc) is 2.93. The van der Waals surface area contributed by atoms with Crippen molar-refractivity contribution >= 4 is 26.7 Å². The number of rotatable bonds is 15. The van der Waals surface area contributed by atoms with Crippen LogP contribution in [0.1, 0.15) is 12.8 Å². The van der Waals surface area contributed by atoms with E-state index in [1.54, 1.807) is 24.3 Å². The first-order valence-corrected chi connectivity index (χ1v) is 15.6. The lowest BCUT2D eigenvalue weighted by Crippen LogP contribution is -2.24. The van der Waals surface area contributed by atoms with E-state index in [1.165, 1.54) is 0 Å². The molecule has 0 amide bonds. The monoisotopic (exact) mass is 550 g/mol. The van der Waals surface area contributed by atoms with Crippen molar-refractivity contribution in [2.24, 2.45) is 0 Å². The molecule has 4 aromatic rings. The first-order valence-electron chi connectivity index (χ1n) is 12.4. The molecule has 0 fully saturated rings. The van der Waals surface area contributed by atoms with Crippen LogP contribution >= 0.6 is 15.3 Å². The lowest BCUT2D eigenvalue weighted by atomic mass is 10.3. The number of unbranched alkanes of at least 4 members (excludes halogenated alkanes) is 1.